The molecule has 18 heavy (non-hydrogen) atoms. The third-order valence-electron chi connectivity index (χ3n) is 1.81. The monoisotopic (exact) mass is 264 g/mol. The molecule has 0 aliphatic carbocycles. The minimum absolute atomic E-state index is 0.177. The Labute approximate surface area is 99.0 Å². The Hall–Kier alpha value is -2.12. The summed E-state index contributed by atoms with van der Waals surface area (Å²) in [4.78, 5) is 21.5. The summed E-state index contributed by atoms with van der Waals surface area (Å²) < 4.78 is 48.4. The Morgan fingerprint density at radius 2 is 1.78 bits per heavy atom. The zero-order valence-electron chi connectivity index (χ0n) is 8.84. The van der Waals surface area contributed by atoms with E-state index in [2.05, 4.69) is 0 Å². The maximum Gasteiger partial charge on any atom is 0.471 e. The molecule has 4 nitrogen and oxygen atoms in total. The molecule has 2 amide bonds. The van der Waals surface area contributed by atoms with Crippen molar-refractivity contribution in [2.45, 2.75) is 6.18 Å². The van der Waals surface area contributed by atoms with Crippen LogP contribution in [0, 0.1) is 5.82 Å². The molecule has 0 bridgehead atoms. The lowest BCUT2D eigenvalue weighted by molar-refractivity contribution is -0.173. The van der Waals surface area contributed by atoms with Crippen LogP contribution in [0.2, 0.25) is 0 Å². The standard InChI is InChI=1S/C10H8F4N2O2/c11-6-3-1-2-4-7(6)16-8(17)5-15-9(18)10(12,13)14/h1-4H,5H2,(H,15,18)(H,16,17). The lowest BCUT2D eigenvalue weighted by Crippen LogP contribution is -2.41. The van der Waals surface area contributed by atoms with E-state index in [9.17, 15) is 27.2 Å². The van der Waals surface area contributed by atoms with Crippen LogP contribution >= 0.6 is 0 Å². The third kappa shape index (κ3) is 4.04. The molecule has 0 saturated heterocycles. The number of para-hydroxylation sites is 1. The van der Waals surface area contributed by atoms with Gasteiger partial charge in [-0.15, -0.1) is 0 Å². The Morgan fingerprint density at radius 1 is 1.17 bits per heavy atom. The van der Waals surface area contributed by atoms with Crippen LogP contribution in [0.1, 0.15) is 0 Å². The molecular formula is C10H8F4N2O2. The quantitative estimate of drug-likeness (QED) is 0.812. The molecule has 0 saturated carbocycles. The van der Waals surface area contributed by atoms with Gasteiger partial charge in [0.1, 0.15) is 5.82 Å². The minimum Gasteiger partial charge on any atom is -0.339 e. The number of benzene rings is 1. The highest BCUT2D eigenvalue weighted by Crippen LogP contribution is 2.14. The number of hydrogen-bond acceptors (Lipinski definition) is 2. The van der Waals surface area contributed by atoms with Gasteiger partial charge in [0.15, 0.2) is 0 Å². The summed E-state index contributed by atoms with van der Waals surface area (Å²) in [6.45, 7) is -0.896. The van der Waals surface area contributed by atoms with Crippen LogP contribution in [0.3, 0.4) is 0 Å². The van der Waals surface area contributed by atoms with Crippen molar-refractivity contribution in [2.75, 3.05) is 11.9 Å². The van der Waals surface area contributed by atoms with Gasteiger partial charge in [0.25, 0.3) is 0 Å². The molecule has 98 valence electrons. The van der Waals surface area contributed by atoms with E-state index in [4.69, 9.17) is 0 Å². The zero-order chi connectivity index (χ0) is 13.8. The average Bonchev–Trinajstić information content (AvgIpc) is 2.27. The highest BCUT2D eigenvalue weighted by atomic mass is 19.4. The molecule has 2 N–H and O–H groups in total. The molecule has 1 aromatic rings. The first kappa shape index (κ1) is 13.9. The topological polar surface area (TPSA) is 58.2 Å². The first-order valence-electron chi connectivity index (χ1n) is 4.70. The summed E-state index contributed by atoms with van der Waals surface area (Å²) in [6.07, 6.45) is -5.06. The van der Waals surface area contributed by atoms with Crippen molar-refractivity contribution in [1.82, 2.24) is 5.32 Å². The fourth-order valence-electron chi connectivity index (χ4n) is 1.02. The summed E-state index contributed by atoms with van der Waals surface area (Å²) >= 11 is 0. The van der Waals surface area contributed by atoms with Crippen LogP contribution < -0.4 is 10.6 Å². The maximum atomic E-state index is 13.1. The maximum absolute atomic E-state index is 13.1. The summed E-state index contributed by atoms with van der Waals surface area (Å²) in [5, 5.41) is 3.38. The molecule has 8 heteroatoms. The highest BCUT2D eigenvalue weighted by Gasteiger charge is 2.38. The van der Waals surface area contributed by atoms with Gasteiger partial charge in [-0.3, -0.25) is 9.59 Å². The summed E-state index contributed by atoms with van der Waals surface area (Å²) in [7, 11) is 0. The number of nitrogens with one attached hydrogen (secondary N) is 2. The predicted molar refractivity (Wildman–Crippen MR) is 54.1 cm³/mol. The van der Waals surface area contributed by atoms with Crippen LogP contribution in [0.5, 0.6) is 0 Å². The van der Waals surface area contributed by atoms with Gasteiger partial charge in [0, 0.05) is 0 Å². The van der Waals surface area contributed by atoms with Gasteiger partial charge >= 0.3 is 12.1 Å². The number of amides is 2. The van der Waals surface area contributed by atoms with Gasteiger partial charge in [-0.05, 0) is 12.1 Å². The van der Waals surface area contributed by atoms with E-state index >= 15 is 0 Å². The van der Waals surface area contributed by atoms with Crippen LogP contribution in [0.25, 0.3) is 0 Å². The van der Waals surface area contributed by atoms with Gasteiger partial charge < -0.3 is 10.6 Å². The number of carbonyl (C=O) groups is 2. The van der Waals surface area contributed by atoms with Crippen molar-refractivity contribution < 1.29 is 27.2 Å². The largest absolute Gasteiger partial charge is 0.471 e. The molecule has 1 aromatic carbocycles. The third-order valence-corrected chi connectivity index (χ3v) is 1.81. The summed E-state index contributed by atoms with van der Waals surface area (Å²) in [5.74, 6) is -3.92. The van der Waals surface area contributed by atoms with Crippen molar-refractivity contribution in [3.63, 3.8) is 0 Å². The lowest BCUT2D eigenvalue weighted by atomic mass is 10.3. The molecule has 0 aliphatic heterocycles. The van der Waals surface area contributed by atoms with Crippen LogP contribution in [0.4, 0.5) is 23.2 Å². The SMILES string of the molecule is O=C(CNC(=O)C(F)(F)F)Nc1ccccc1F. The van der Waals surface area contributed by atoms with E-state index in [1.54, 1.807) is 0 Å². The Morgan fingerprint density at radius 3 is 2.33 bits per heavy atom. The minimum atomic E-state index is -5.06. The molecule has 0 spiro atoms. The molecule has 0 atom stereocenters. The van der Waals surface area contributed by atoms with Crippen molar-refractivity contribution in [1.29, 1.82) is 0 Å². The zero-order valence-corrected chi connectivity index (χ0v) is 8.84. The van der Waals surface area contributed by atoms with Crippen LogP contribution in [-0.4, -0.2) is 24.5 Å². The molecule has 0 aromatic heterocycles. The number of carbonyl (C=O) groups excluding carboxylic acids is 2. The lowest BCUT2D eigenvalue weighted by Gasteiger charge is -2.08. The fourth-order valence-corrected chi connectivity index (χ4v) is 1.02. The molecule has 0 heterocycles. The molecule has 1 rings (SSSR count). The molecule has 0 unspecified atom stereocenters. The number of anilines is 1. The average molecular weight is 264 g/mol. The highest BCUT2D eigenvalue weighted by molar-refractivity contribution is 5.95. The van der Waals surface area contributed by atoms with Gasteiger partial charge in [0.2, 0.25) is 5.91 Å². The first-order chi connectivity index (χ1) is 8.30. The predicted octanol–water partition coefficient (Wildman–Crippen LogP) is 1.44. The van der Waals surface area contributed by atoms with Crippen molar-refractivity contribution in [3.05, 3.63) is 30.1 Å². The summed E-state index contributed by atoms with van der Waals surface area (Å²) in [6, 6.07) is 5.13. The normalized spacial score (nSPS) is 10.9. The Balaban J connectivity index is 2.49. The van der Waals surface area contributed by atoms with E-state index in [1.807, 2.05) is 5.32 Å². The van der Waals surface area contributed by atoms with Crippen LogP contribution in [0.15, 0.2) is 24.3 Å². The van der Waals surface area contributed by atoms with E-state index in [-0.39, 0.29) is 5.69 Å². The van der Waals surface area contributed by atoms with Gasteiger partial charge in [0.05, 0.1) is 12.2 Å². The van der Waals surface area contributed by atoms with Gasteiger partial charge in [-0.2, -0.15) is 13.2 Å². The Kier molecular flexibility index (Phi) is 4.24. The van der Waals surface area contributed by atoms with E-state index < -0.39 is 30.4 Å². The van der Waals surface area contributed by atoms with E-state index in [0.717, 1.165) is 6.07 Å². The van der Waals surface area contributed by atoms with Gasteiger partial charge in [-0.1, -0.05) is 12.1 Å². The number of rotatable bonds is 3. The smallest absolute Gasteiger partial charge is 0.339 e. The molecule has 0 radical (unpaired) electrons. The van der Waals surface area contributed by atoms with Crippen molar-refractivity contribution in [2.24, 2.45) is 0 Å². The van der Waals surface area contributed by atoms with E-state index in [0.29, 0.717) is 0 Å². The molecule has 0 aliphatic rings. The van der Waals surface area contributed by atoms with Gasteiger partial charge in [-0.25, -0.2) is 4.39 Å². The van der Waals surface area contributed by atoms with E-state index in [1.165, 1.54) is 23.5 Å². The number of hydrogen-bond donors (Lipinski definition) is 2. The second-order valence-electron chi connectivity index (χ2n) is 3.21. The van der Waals surface area contributed by atoms with Crippen molar-refractivity contribution >= 4 is 17.5 Å². The molecular weight excluding hydrogens is 256 g/mol. The second-order valence-corrected chi connectivity index (χ2v) is 3.21. The second kappa shape index (κ2) is 5.48. The Bertz CT molecular complexity index is 459. The summed E-state index contributed by atoms with van der Waals surface area (Å²) in [5.41, 5.74) is -0.177. The number of halogens is 4. The molecule has 0 fully saturated rings. The van der Waals surface area contributed by atoms with Crippen molar-refractivity contribution in [3.8, 4) is 0 Å². The van der Waals surface area contributed by atoms with Crippen LogP contribution in [-0.2, 0) is 9.59 Å². The fraction of sp³-hybridized carbons (Fsp3) is 0.200. The first-order valence-corrected chi connectivity index (χ1v) is 4.70. The number of alkyl halides is 3.